The third-order valence-electron chi connectivity index (χ3n) is 6.26. The van der Waals surface area contributed by atoms with E-state index in [0.29, 0.717) is 11.8 Å². The molecule has 0 bridgehead atoms. The van der Waals surface area contributed by atoms with Gasteiger partial charge in [-0.05, 0) is 67.0 Å². The monoisotopic (exact) mass is 379 g/mol. The SMILES string of the molecule is O=C(N1CCC(c2c[nH]c3ncccc23)CC1)C1(c2ccc(Cl)cc2)CC1. The molecule has 0 spiro atoms. The third-order valence-corrected chi connectivity index (χ3v) is 6.51. The maximum Gasteiger partial charge on any atom is 0.233 e. The number of halogens is 1. The smallest absolute Gasteiger partial charge is 0.233 e. The molecule has 3 heterocycles. The number of rotatable bonds is 3. The number of piperidine rings is 1. The molecule has 2 aromatic heterocycles. The minimum absolute atomic E-state index is 0.295. The van der Waals surface area contributed by atoms with Gasteiger partial charge < -0.3 is 9.88 Å². The van der Waals surface area contributed by atoms with E-state index in [9.17, 15) is 4.79 Å². The lowest BCUT2D eigenvalue weighted by atomic mass is 9.87. The number of aromatic amines is 1. The topological polar surface area (TPSA) is 49.0 Å². The van der Waals surface area contributed by atoms with Gasteiger partial charge in [-0.1, -0.05) is 23.7 Å². The van der Waals surface area contributed by atoms with Crippen LogP contribution in [0.5, 0.6) is 0 Å². The van der Waals surface area contributed by atoms with Gasteiger partial charge in [-0.3, -0.25) is 4.79 Å². The number of fused-ring (bicyclic) bond motifs is 1. The molecule has 27 heavy (non-hydrogen) atoms. The second kappa shape index (κ2) is 6.38. The molecule has 1 saturated heterocycles. The standard InChI is InChI=1S/C22H22ClN3O/c23-17-5-3-16(4-6-17)22(9-10-22)21(27)26-12-7-15(8-13-26)19-14-25-20-18(19)2-1-11-24-20/h1-6,11,14-15H,7-10,12-13H2,(H,24,25). The number of hydrogen-bond acceptors (Lipinski definition) is 2. The Morgan fingerprint density at radius 1 is 1.15 bits per heavy atom. The molecule has 2 aliphatic rings. The zero-order valence-corrected chi connectivity index (χ0v) is 15.9. The van der Waals surface area contributed by atoms with Crippen molar-refractivity contribution in [1.82, 2.24) is 14.9 Å². The Morgan fingerprint density at radius 3 is 2.59 bits per heavy atom. The summed E-state index contributed by atoms with van der Waals surface area (Å²) in [6.07, 6.45) is 7.81. The Bertz CT molecular complexity index is 982. The summed E-state index contributed by atoms with van der Waals surface area (Å²) >= 11 is 6.01. The second-order valence-corrected chi connectivity index (χ2v) is 8.24. The van der Waals surface area contributed by atoms with Gasteiger partial charge in [0.15, 0.2) is 0 Å². The number of likely N-dealkylation sites (tertiary alicyclic amines) is 1. The van der Waals surface area contributed by atoms with Crippen LogP contribution in [0.1, 0.15) is 42.7 Å². The summed E-state index contributed by atoms with van der Waals surface area (Å²) in [7, 11) is 0. The summed E-state index contributed by atoms with van der Waals surface area (Å²) in [5.74, 6) is 0.779. The largest absolute Gasteiger partial charge is 0.346 e. The van der Waals surface area contributed by atoms with Crippen molar-refractivity contribution in [2.24, 2.45) is 0 Å². The number of amides is 1. The minimum atomic E-state index is -0.303. The third kappa shape index (κ3) is 2.83. The molecular weight excluding hydrogens is 358 g/mol. The Labute approximate surface area is 163 Å². The Balaban J connectivity index is 1.30. The van der Waals surface area contributed by atoms with Crippen molar-refractivity contribution in [3.05, 3.63) is 64.9 Å². The highest BCUT2D eigenvalue weighted by Gasteiger charge is 2.53. The molecule has 1 amide bonds. The molecule has 5 heteroatoms. The molecule has 1 N–H and O–H groups in total. The summed E-state index contributed by atoms with van der Waals surface area (Å²) in [5.41, 5.74) is 3.10. The van der Waals surface area contributed by atoms with Crippen molar-refractivity contribution in [1.29, 1.82) is 0 Å². The van der Waals surface area contributed by atoms with Crippen molar-refractivity contribution in [3.8, 4) is 0 Å². The van der Waals surface area contributed by atoms with Crippen molar-refractivity contribution in [2.75, 3.05) is 13.1 Å². The van der Waals surface area contributed by atoms with Gasteiger partial charge in [0, 0.05) is 35.9 Å². The zero-order valence-electron chi connectivity index (χ0n) is 15.1. The van der Waals surface area contributed by atoms with Crippen LogP contribution in [0.15, 0.2) is 48.8 Å². The predicted molar refractivity (Wildman–Crippen MR) is 107 cm³/mol. The lowest BCUT2D eigenvalue weighted by Crippen LogP contribution is -2.43. The van der Waals surface area contributed by atoms with Gasteiger partial charge >= 0.3 is 0 Å². The van der Waals surface area contributed by atoms with Crippen molar-refractivity contribution < 1.29 is 4.79 Å². The van der Waals surface area contributed by atoms with Crippen LogP contribution < -0.4 is 0 Å². The highest BCUT2D eigenvalue weighted by molar-refractivity contribution is 6.30. The summed E-state index contributed by atoms with van der Waals surface area (Å²) in [4.78, 5) is 23.0. The van der Waals surface area contributed by atoms with Gasteiger partial charge in [-0.25, -0.2) is 4.98 Å². The number of aromatic nitrogens is 2. The van der Waals surface area contributed by atoms with Crippen molar-refractivity contribution >= 4 is 28.5 Å². The Kier molecular flexibility index (Phi) is 3.97. The van der Waals surface area contributed by atoms with E-state index in [1.807, 2.05) is 36.5 Å². The van der Waals surface area contributed by atoms with Crippen molar-refractivity contribution in [3.63, 3.8) is 0 Å². The number of carbonyl (C=O) groups excluding carboxylic acids is 1. The van der Waals surface area contributed by atoms with Gasteiger partial charge in [0.25, 0.3) is 0 Å². The molecule has 3 aromatic rings. The Morgan fingerprint density at radius 2 is 1.89 bits per heavy atom. The summed E-state index contributed by atoms with van der Waals surface area (Å²) in [6.45, 7) is 1.65. The highest BCUT2D eigenvalue weighted by Crippen LogP contribution is 2.50. The molecule has 1 saturated carbocycles. The minimum Gasteiger partial charge on any atom is -0.346 e. The first-order valence-corrected chi connectivity index (χ1v) is 10.0. The van der Waals surface area contributed by atoms with Crippen LogP contribution in [-0.4, -0.2) is 33.9 Å². The molecular formula is C22H22ClN3O. The number of pyridine rings is 1. The molecule has 2 fully saturated rings. The summed E-state index contributed by atoms with van der Waals surface area (Å²) in [6, 6.07) is 11.9. The number of H-pyrrole nitrogens is 1. The maximum atomic E-state index is 13.3. The van der Waals surface area contributed by atoms with E-state index in [2.05, 4.69) is 27.1 Å². The van der Waals surface area contributed by atoms with E-state index in [1.54, 1.807) is 0 Å². The normalized spacial score (nSPS) is 19.4. The van der Waals surface area contributed by atoms with E-state index in [0.717, 1.165) is 55.0 Å². The van der Waals surface area contributed by atoms with E-state index < -0.39 is 0 Å². The fourth-order valence-electron chi connectivity index (χ4n) is 4.53. The van der Waals surface area contributed by atoms with Crippen LogP contribution in [0.2, 0.25) is 5.02 Å². The molecule has 1 aliphatic carbocycles. The van der Waals surface area contributed by atoms with Gasteiger partial charge in [0.05, 0.1) is 5.41 Å². The fraction of sp³-hybridized carbons (Fsp3) is 0.364. The molecule has 4 nitrogen and oxygen atoms in total. The molecule has 5 rings (SSSR count). The predicted octanol–water partition coefficient (Wildman–Crippen LogP) is 4.65. The van der Waals surface area contributed by atoms with E-state index >= 15 is 0 Å². The van der Waals surface area contributed by atoms with Gasteiger partial charge in [-0.15, -0.1) is 0 Å². The molecule has 0 atom stereocenters. The van der Waals surface area contributed by atoms with E-state index in [1.165, 1.54) is 10.9 Å². The maximum absolute atomic E-state index is 13.3. The molecule has 1 aliphatic heterocycles. The fourth-order valence-corrected chi connectivity index (χ4v) is 4.66. The molecule has 0 unspecified atom stereocenters. The van der Waals surface area contributed by atoms with Crippen LogP contribution in [0.4, 0.5) is 0 Å². The first-order chi connectivity index (χ1) is 13.2. The molecule has 1 aromatic carbocycles. The van der Waals surface area contributed by atoms with E-state index in [-0.39, 0.29) is 5.41 Å². The van der Waals surface area contributed by atoms with Gasteiger partial charge in [-0.2, -0.15) is 0 Å². The van der Waals surface area contributed by atoms with Gasteiger partial charge in [0.2, 0.25) is 5.91 Å². The number of nitrogens with one attached hydrogen (secondary N) is 1. The van der Waals surface area contributed by atoms with Crippen LogP contribution >= 0.6 is 11.6 Å². The number of benzene rings is 1. The quantitative estimate of drug-likeness (QED) is 0.719. The van der Waals surface area contributed by atoms with Gasteiger partial charge in [0.1, 0.15) is 5.65 Å². The Hall–Kier alpha value is -2.33. The second-order valence-electron chi connectivity index (χ2n) is 7.80. The van der Waals surface area contributed by atoms with Crippen LogP contribution in [0, 0.1) is 0 Å². The zero-order chi connectivity index (χ0) is 18.4. The number of nitrogens with zero attached hydrogens (tertiary/aromatic N) is 2. The molecule has 138 valence electrons. The first kappa shape index (κ1) is 16.8. The van der Waals surface area contributed by atoms with Crippen LogP contribution in [-0.2, 0) is 10.2 Å². The van der Waals surface area contributed by atoms with Crippen LogP contribution in [0.25, 0.3) is 11.0 Å². The lowest BCUT2D eigenvalue weighted by molar-refractivity contribution is -0.135. The average Bonchev–Trinajstić information content (AvgIpc) is 3.41. The lowest BCUT2D eigenvalue weighted by Gasteiger charge is -2.34. The van der Waals surface area contributed by atoms with E-state index in [4.69, 9.17) is 11.6 Å². The number of carbonyl (C=O) groups is 1. The summed E-state index contributed by atoms with van der Waals surface area (Å²) in [5, 5.41) is 1.93. The highest BCUT2D eigenvalue weighted by atomic mass is 35.5. The first-order valence-electron chi connectivity index (χ1n) is 9.65. The summed E-state index contributed by atoms with van der Waals surface area (Å²) < 4.78 is 0. The number of hydrogen-bond donors (Lipinski definition) is 1. The van der Waals surface area contributed by atoms with Crippen molar-refractivity contribution in [2.45, 2.75) is 37.0 Å². The van der Waals surface area contributed by atoms with Crippen LogP contribution in [0.3, 0.4) is 0 Å². The average molecular weight is 380 g/mol. The molecule has 0 radical (unpaired) electrons.